The van der Waals surface area contributed by atoms with Crippen LogP contribution in [0.5, 0.6) is 0 Å². The van der Waals surface area contributed by atoms with E-state index in [0.717, 1.165) is 40.4 Å². The van der Waals surface area contributed by atoms with Crippen LogP contribution in [0.3, 0.4) is 0 Å². The molecule has 0 heterocycles. The third kappa shape index (κ3) is 6.40. The summed E-state index contributed by atoms with van der Waals surface area (Å²) in [5, 5.41) is -0.210. The van der Waals surface area contributed by atoms with E-state index >= 15 is 0 Å². The van der Waals surface area contributed by atoms with Crippen molar-refractivity contribution in [1.82, 2.24) is 0 Å². The second-order valence-corrected chi connectivity index (χ2v) is 7.36. The van der Waals surface area contributed by atoms with Crippen molar-refractivity contribution in [1.29, 1.82) is 0 Å². The van der Waals surface area contributed by atoms with Crippen LogP contribution in [0.4, 0.5) is 0 Å². The van der Waals surface area contributed by atoms with Crippen LogP contribution in [0.1, 0.15) is 6.42 Å². The Kier molecular flexibility index (Phi) is 15.4. The van der Waals surface area contributed by atoms with Gasteiger partial charge in [-0.15, -0.1) is 0 Å². The van der Waals surface area contributed by atoms with E-state index in [1.165, 1.54) is 0 Å². The van der Waals surface area contributed by atoms with Gasteiger partial charge in [-0.2, -0.15) is 0 Å². The second kappa shape index (κ2) is 9.50. The normalized spacial score (nSPS) is 15.9. The Hall–Kier alpha value is 1.94. The van der Waals surface area contributed by atoms with E-state index in [2.05, 4.69) is 15.9 Å². The molecule has 1 aliphatic rings. The molecule has 0 radical (unpaired) electrons. The average molecular weight is 390 g/mol. The van der Waals surface area contributed by atoms with E-state index in [9.17, 15) is 4.57 Å². The van der Waals surface area contributed by atoms with Gasteiger partial charge in [0.1, 0.15) is 0 Å². The summed E-state index contributed by atoms with van der Waals surface area (Å²) in [6.07, 6.45) is 4.90. The Labute approximate surface area is 114 Å². The third-order valence-corrected chi connectivity index (χ3v) is 4.97. The van der Waals surface area contributed by atoms with Crippen LogP contribution in [0.2, 0.25) is 0 Å². The van der Waals surface area contributed by atoms with Crippen molar-refractivity contribution < 1.29 is 65.9 Å². The number of halogens is 4. The van der Waals surface area contributed by atoms with Crippen LogP contribution in [0, 0.1) is 0 Å². The molecule has 0 fully saturated rings. The van der Waals surface area contributed by atoms with Gasteiger partial charge in [0.15, 0.2) is 0 Å². The smallest absolute Gasteiger partial charge is 1.00 e. The molecular formula is C5H5BrCl3OPZr. The van der Waals surface area contributed by atoms with Gasteiger partial charge in [-0.1, -0.05) is 0 Å². The molecule has 0 aliphatic heterocycles. The number of allylic oxidation sites excluding steroid dienone is 4. The molecule has 0 amide bonds. The van der Waals surface area contributed by atoms with Crippen molar-refractivity contribution in [2.24, 2.45) is 0 Å². The van der Waals surface area contributed by atoms with Crippen molar-refractivity contribution >= 4 is 21.0 Å². The maximum absolute atomic E-state index is 10.9. The van der Waals surface area contributed by atoms with Gasteiger partial charge in [-0.3, -0.25) is 0 Å². The first-order valence-electron chi connectivity index (χ1n) is 2.52. The number of hydrogen-bond acceptors (Lipinski definition) is 1. The fourth-order valence-corrected chi connectivity index (χ4v) is 3.16. The number of rotatable bonds is 1. The minimum absolute atomic E-state index is 0. The molecule has 0 aromatic rings. The largest absolute Gasteiger partial charge is 1.00 e. The summed E-state index contributed by atoms with van der Waals surface area (Å²) in [5.41, 5.74) is 0. The van der Waals surface area contributed by atoms with E-state index < -0.39 is 5.09 Å². The third-order valence-electron chi connectivity index (χ3n) is 1.12. The summed E-state index contributed by atoms with van der Waals surface area (Å²) < 4.78 is 12.0. The summed E-state index contributed by atoms with van der Waals surface area (Å²) in [5.74, 6) is 0. The van der Waals surface area contributed by atoms with Crippen LogP contribution in [-0.4, -0.2) is 0 Å². The first-order valence-corrected chi connectivity index (χ1v) is 8.41. The summed E-state index contributed by atoms with van der Waals surface area (Å²) in [6, 6.07) is 0. The molecule has 1 atom stereocenters. The maximum Gasteiger partial charge on any atom is -1.00 e. The zero-order chi connectivity index (χ0) is 6.85. The summed E-state index contributed by atoms with van der Waals surface area (Å²) in [6.45, 7) is 0. The molecule has 0 aromatic heterocycles. The van der Waals surface area contributed by atoms with E-state index in [1.807, 2.05) is 12.2 Å². The predicted molar refractivity (Wildman–Crippen MR) is 38.7 cm³/mol. The van der Waals surface area contributed by atoms with Crippen molar-refractivity contribution in [2.45, 2.75) is 6.42 Å². The Morgan fingerprint density at radius 1 is 1.42 bits per heavy atom. The Balaban J connectivity index is -0.000000270. The van der Waals surface area contributed by atoms with Gasteiger partial charge in [-0.05, 0) is 0 Å². The van der Waals surface area contributed by atoms with E-state index in [4.69, 9.17) is 0 Å². The molecule has 0 aromatic carbocycles. The summed E-state index contributed by atoms with van der Waals surface area (Å²) in [7, 11) is 0. The standard InChI is InChI=1S/C5H4BrOP.3ClH.Zr/c6-4-1-2-5(3-4)8-7;;;;/h1,3H,2H2;3*1H;/q;;;;+2/p-2. The molecule has 0 N–H and O–H groups in total. The molecule has 0 saturated heterocycles. The number of hydrogen-bond donors (Lipinski definition) is 0. The molecule has 7 heteroatoms. The first-order chi connectivity index (χ1) is 4.20. The van der Waals surface area contributed by atoms with Crippen molar-refractivity contribution in [3.8, 4) is 0 Å². The zero-order valence-electron chi connectivity index (χ0n) is 5.78. The maximum atomic E-state index is 10.9. The molecule has 12 heavy (non-hydrogen) atoms. The Bertz CT molecular complexity index is 219. The van der Waals surface area contributed by atoms with Gasteiger partial charge in [0, 0.05) is 0 Å². The molecule has 68 valence electrons. The van der Waals surface area contributed by atoms with E-state index in [1.54, 1.807) is 0 Å². The monoisotopic (exact) mass is 386 g/mol. The molecule has 1 nitrogen and oxygen atoms in total. The van der Waals surface area contributed by atoms with Gasteiger partial charge in [0.05, 0.1) is 0 Å². The van der Waals surface area contributed by atoms with Crippen molar-refractivity contribution in [3.05, 3.63) is 21.9 Å². The van der Waals surface area contributed by atoms with Gasteiger partial charge < -0.3 is 37.2 Å². The van der Waals surface area contributed by atoms with E-state index in [-0.39, 0.29) is 37.2 Å². The van der Waals surface area contributed by atoms with Gasteiger partial charge in [-0.25, -0.2) is 0 Å². The fraction of sp³-hybridized carbons (Fsp3) is 0.200. The SMILES string of the molecule is O=[PH]([Zr+3])C1=CC(Br)=CC1.[Cl-].[Cl-].[Cl-]. The van der Waals surface area contributed by atoms with Crippen LogP contribution in [0.25, 0.3) is 0 Å². The van der Waals surface area contributed by atoms with Crippen LogP contribution in [0.15, 0.2) is 21.9 Å². The Morgan fingerprint density at radius 2 is 1.92 bits per heavy atom. The average Bonchev–Trinajstić information content (AvgIpc) is 2.14. The Morgan fingerprint density at radius 3 is 2.08 bits per heavy atom. The van der Waals surface area contributed by atoms with Crippen LogP contribution >= 0.6 is 21.0 Å². The van der Waals surface area contributed by atoms with Crippen LogP contribution in [-0.2, 0) is 28.7 Å². The minimum Gasteiger partial charge on any atom is -1.00 e. The molecule has 1 rings (SSSR count). The van der Waals surface area contributed by atoms with Crippen molar-refractivity contribution in [2.75, 3.05) is 0 Å². The second-order valence-electron chi connectivity index (χ2n) is 1.79. The molecule has 0 saturated carbocycles. The zero-order valence-corrected chi connectivity index (χ0v) is 13.1. The van der Waals surface area contributed by atoms with E-state index in [0.29, 0.717) is 0 Å². The molecule has 1 aliphatic carbocycles. The predicted octanol–water partition coefficient (Wildman–Crippen LogP) is -6.41. The summed E-state index contributed by atoms with van der Waals surface area (Å²) in [4.78, 5) is 0. The molecule has 0 spiro atoms. The molecule has 1 unspecified atom stereocenters. The van der Waals surface area contributed by atoms with Gasteiger partial charge >= 0.3 is 78.1 Å². The van der Waals surface area contributed by atoms with Gasteiger partial charge in [0.25, 0.3) is 0 Å². The topological polar surface area (TPSA) is 17.1 Å². The van der Waals surface area contributed by atoms with Gasteiger partial charge in [0.2, 0.25) is 0 Å². The molecular weight excluding hydrogens is 385 g/mol. The van der Waals surface area contributed by atoms with Crippen molar-refractivity contribution in [3.63, 3.8) is 0 Å². The fourth-order valence-electron chi connectivity index (χ4n) is 0.650. The first kappa shape index (κ1) is 19.5. The summed E-state index contributed by atoms with van der Waals surface area (Å²) >= 11 is 4.48. The van der Waals surface area contributed by atoms with Crippen LogP contribution < -0.4 is 37.2 Å². The quantitative estimate of drug-likeness (QED) is 0.408. The minimum atomic E-state index is -1.33. The molecule has 0 bridgehead atoms.